The molecule has 4 nitrogen and oxygen atoms in total. The number of aromatic nitrogens is 1. The van der Waals surface area contributed by atoms with Crippen molar-refractivity contribution in [3.8, 4) is 17.4 Å². The fourth-order valence-electron chi connectivity index (χ4n) is 1.84. The zero-order chi connectivity index (χ0) is 14.4. The quantitative estimate of drug-likeness (QED) is 0.876. The molecule has 0 bridgehead atoms. The first-order valence-electron chi connectivity index (χ1n) is 6.72. The molecule has 0 saturated carbocycles. The maximum Gasteiger partial charge on any atom is 0.219 e. The molecule has 0 fully saturated rings. The Morgan fingerprint density at radius 3 is 2.75 bits per heavy atom. The highest BCUT2D eigenvalue weighted by Crippen LogP contribution is 2.31. The van der Waals surface area contributed by atoms with Gasteiger partial charge in [-0.3, -0.25) is 0 Å². The first-order valence-corrected chi connectivity index (χ1v) is 6.72. The average Bonchev–Trinajstić information content (AvgIpc) is 2.47. The van der Waals surface area contributed by atoms with Crippen molar-refractivity contribution in [3.63, 3.8) is 0 Å². The Hall–Kier alpha value is -2.07. The maximum atomic E-state index is 5.81. The first-order chi connectivity index (χ1) is 9.72. The Labute approximate surface area is 119 Å². The third-order valence-corrected chi connectivity index (χ3v) is 2.87. The van der Waals surface area contributed by atoms with Gasteiger partial charge < -0.3 is 14.8 Å². The van der Waals surface area contributed by atoms with E-state index in [9.17, 15) is 0 Å². The van der Waals surface area contributed by atoms with E-state index < -0.39 is 0 Å². The lowest BCUT2D eigenvalue weighted by Gasteiger charge is -2.11. The summed E-state index contributed by atoms with van der Waals surface area (Å²) in [6.45, 7) is 5.73. The molecule has 0 aliphatic carbocycles. The molecule has 0 atom stereocenters. The van der Waals surface area contributed by atoms with Crippen LogP contribution in [0, 0.1) is 6.92 Å². The number of pyridine rings is 1. The Kier molecular flexibility index (Phi) is 4.96. The summed E-state index contributed by atoms with van der Waals surface area (Å²) >= 11 is 0. The fourth-order valence-corrected chi connectivity index (χ4v) is 1.84. The molecular weight excluding hydrogens is 252 g/mol. The van der Waals surface area contributed by atoms with Gasteiger partial charge in [-0.05, 0) is 37.2 Å². The SMILES string of the molecule is CCNCc1cccc(Oc2ccc(C)cc2OC)n1. The van der Waals surface area contributed by atoms with Crippen molar-refractivity contribution in [2.24, 2.45) is 0 Å². The summed E-state index contributed by atoms with van der Waals surface area (Å²) in [5.74, 6) is 1.96. The van der Waals surface area contributed by atoms with Crippen LogP contribution in [-0.2, 0) is 6.54 Å². The van der Waals surface area contributed by atoms with Crippen LogP contribution in [0.3, 0.4) is 0 Å². The molecule has 1 aromatic heterocycles. The van der Waals surface area contributed by atoms with Crippen molar-refractivity contribution in [1.82, 2.24) is 10.3 Å². The van der Waals surface area contributed by atoms with Crippen LogP contribution >= 0.6 is 0 Å². The summed E-state index contributed by atoms with van der Waals surface area (Å²) in [6, 6.07) is 11.6. The smallest absolute Gasteiger partial charge is 0.219 e. The molecule has 0 amide bonds. The van der Waals surface area contributed by atoms with E-state index in [1.807, 2.05) is 43.3 Å². The molecule has 0 radical (unpaired) electrons. The Morgan fingerprint density at radius 2 is 2.00 bits per heavy atom. The van der Waals surface area contributed by atoms with Crippen LogP contribution in [0.5, 0.6) is 17.4 Å². The van der Waals surface area contributed by atoms with Gasteiger partial charge in [-0.15, -0.1) is 0 Å². The lowest BCUT2D eigenvalue weighted by Crippen LogP contribution is -2.12. The second-order valence-corrected chi connectivity index (χ2v) is 4.50. The van der Waals surface area contributed by atoms with Gasteiger partial charge in [0.1, 0.15) is 0 Å². The molecule has 1 heterocycles. The number of hydrogen-bond donors (Lipinski definition) is 1. The standard InChI is InChI=1S/C16H20N2O2/c1-4-17-11-13-6-5-7-16(18-13)20-14-9-8-12(2)10-15(14)19-3/h5-10,17H,4,11H2,1-3H3. The Bertz CT molecular complexity index is 570. The number of methoxy groups -OCH3 is 1. The van der Waals surface area contributed by atoms with E-state index in [1.54, 1.807) is 7.11 Å². The fraction of sp³-hybridized carbons (Fsp3) is 0.312. The van der Waals surface area contributed by atoms with Gasteiger partial charge in [0.2, 0.25) is 5.88 Å². The minimum absolute atomic E-state index is 0.572. The van der Waals surface area contributed by atoms with Gasteiger partial charge in [0.05, 0.1) is 12.8 Å². The molecule has 0 unspecified atom stereocenters. The predicted octanol–water partition coefficient (Wildman–Crippen LogP) is 3.30. The van der Waals surface area contributed by atoms with Crippen LogP contribution in [0.15, 0.2) is 36.4 Å². The number of nitrogens with zero attached hydrogens (tertiary/aromatic N) is 1. The summed E-state index contributed by atoms with van der Waals surface area (Å²) in [6.07, 6.45) is 0. The highest BCUT2D eigenvalue weighted by atomic mass is 16.5. The molecule has 0 saturated heterocycles. The minimum Gasteiger partial charge on any atom is -0.493 e. The van der Waals surface area contributed by atoms with E-state index in [2.05, 4.69) is 17.2 Å². The summed E-state index contributed by atoms with van der Waals surface area (Å²) in [7, 11) is 1.64. The van der Waals surface area contributed by atoms with Crippen molar-refractivity contribution < 1.29 is 9.47 Å². The molecule has 0 spiro atoms. The monoisotopic (exact) mass is 272 g/mol. The third-order valence-electron chi connectivity index (χ3n) is 2.87. The van der Waals surface area contributed by atoms with E-state index >= 15 is 0 Å². The molecule has 20 heavy (non-hydrogen) atoms. The molecule has 1 N–H and O–H groups in total. The molecule has 4 heteroatoms. The van der Waals surface area contributed by atoms with Crippen LogP contribution in [0.1, 0.15) is 18.2 Å². The van der Waals surface area contributed by atoms with Crippen molar-refractivity contribution in [1.29, 1.82) is 0 Å². The Morgan fingerprint density at radius 1 is 1.15 bits per heavy atom. The highest BCUT2D eigenvalue weighted by molar-refractivity contribution is 5.44. The van der Waals surface area contributed by atoms with Gasteiger partial charge in [0, 0.05) is 12.6 Å². The first kappa shape index (κ1) is 14.3. The summed E-state index contributed by atoms with van der Waals surface area (Å²) in [5.41, 5.74) is 2.08. The predicted molar refractivity (Wildman–Crippen MR) is 79.4 cm³/mol. The minimum atomic E-state index is 0.572. The second-order valence-electron chi connectivity index (χ2n) is 4.50. The van der Waals surface area contributed by atoms with E-state index in [1.165, 1.54) is 0 Å². The van der Waals surface area contributed by atoms with Crippen LogP contribution in [0.25, 0.3) is 0 Å². The van der Waals surface area contributed by atoms with Gasteiger partial charge in [0.25, 0.3) is 0 Å². The van der Waals surface area contributed by atoms with Gasteiger partial charge >= 0.3 is 0 Å². The van der Waals surface area contributed by atoms with Crippen molar-refractivity contribution in [2.75, 3.05) is 13.7 Å². The summed E-state index contributed by atoms with van der Waals surface area (Å²) in [4.78, 5) is 4.46. The third kappa shape index (κ3) is 3.71. The number of benzene rings is 1. The zero-order valence-electron chi connectivity index (χ0n) is 12.1. The van der Waals surface area contributed by atoms with Gasteiger partial charge in [-0.1, -0.05) is 19.1 Å². The molecule has 0 aliphatic heterocycles. The van der Waals surface area contributed by atoms with Gasteiger partial charge in [-0.2, -0.15) is 0 Å². The molecule has 106 valence electrons. The van der Waals surface area contributed by atoms with Gasteiger partial charge in [0.15, 0.2) is 11.5 Å². The van der Waals surface area contributed by atoms with Crippen LogP contribution in [0.4, 0.5) is 0 Å². The van der Waals surface area contributed by atoms with Crippen LogP contribution in [-0.4, -0.2) is 18.6 Å². The topological polar surface area (TPSA) is 43.4 Å². The Balaban J connectivity index is 2.17. The number of nitrogens with one attached hydrogen (secondary N) is 1. The lowest BCUT2D eigenvalue weighted by atomic mass is 10.2. The van der Waals surface area contributed by atoms with Crippen LogP contribution in [0.2, 0.25) is 0 Å². The van der Waals surface area contributed by atoms with E-state index in [-0.39, 0.29) is 0 Å². The molecule has 2 aromatic rings. The average molecular weight is 272 g/mol. The maximum absolute atomic E-state index is 5.81. The number of aryl methyl sites for hydroxylation is 1. The largest absolute Gasteiger partial charge is 0.493 e. The van der Waals surface area contributed by atoms with Crippen molar-refractivity contribution in [2.45, 2.75) is 20.4 Å². The number of rotatable bonds is 6. The second kappa shape index (κ2) is 6.91. The van der Waals surface area contributed by atoms with Crippen molar-refractivity contribution in [3.05, 3.63) is 47.7 Å². The van der Waals surface area contributed by atoms with E-state index in [0.717, 1.165) is 24.3 Å². The van der Waals surface area contributed by atoms with Crippen LogP contribution < -0.4 is 14.8 Å². The van der Waals surface area contributed by atoms with Crippen molar-refractivity contribution >= 4 is 0 Å². The number of hydrogen-bond acceptors (Lipinski definition) is 4. The van der Waals surface area contributed by atoms with Gasteiger partial charge in [-0.25, -0.2) is 4.98 Å². The number of ether oxygens (including phenoxy) is 2. The summed E-state index contributed by atoms with van der Waals surface area (Å²) in [5, 5.41) is 3.24. The summed E-state index contributed by atoms with van der Waals surface area (Å²) < 4.78 is 11.1. The molecular formula is C16H20N2O2. The van der Waals surface area contributed by atoms with E-state index in [4.69, 9.17) is 9.47 Å². The molecule has 2 rings (SSSR count). The zero-order valence-corrected chi connectivity index (χ0v) is 12.1. The lowest BCUT2D eigenvalue weighted by molar-refractivity contribution is 0.373. The van der Waals surface area contributed by atoms with E-state index in [0.29, 0.717) is 17.4 Å². The normalized spacial score (nSPS) is 10.3. The molecule has 1 aromatic carbocycles. The molecule has 0 aliphatic rings. The highest BCUT2D eigenvalue weighted by Gasteiger charge is 2.07.